The number of nitrogens with one attached hydrogen (secondary N) is 1. The third-order valence-corrected chi connectivity index (χ3v) is 4.16. The Bertz CT molecular complexity index is 715. The molecule has 110 valence electrons. The minimum Gasteiger partial charge on any atom is -0.351 e. The van der Waals surface area contributed by atoms with Gasteiger partial charge in [0.2, 0.25) is 5.91 Å². The van der Waals surface area contributed by atoms with Gasteiger partial charge in [0.15, 0.2) is 0 Å². The third-order valence-electron chi connectivity index (χ3n) is 3.14. The fraction of sp³-hybridized carbons (Fsp3) is 0.267. The summed E-state index contributed by atoms with van der Waals surface area (Å²) in [4.78, 5) is 27.0. The molecule has 0 bridgehead atoms. The molecule has 1 heterocycles. The molecule has 0 saturated heterocycles. The molecule has 0 aliphatic carbocycles. The topological polar surface area (TPSA) is 85.1 Å². The van der Waals surface area contributed by atoms with E-state index in [9.17, 15) is 9.59 Å². The number of hydrogen-bond donors (Lipinski definition) is 2. The summed E-state index contributed by atoms with van der Waals surface area (Å²) >= 11 is 1.30. The van der Waals surface area contributed by atoms with Crippen molar-refractivity contribution in [3.8, 4) is 0 Å². The number of fused-ring (bicyclic) bond motifs is 1. The zero-order valence-corrected chi connectivity index (χ0v) is 13.0. The largest absolute Gasteiger partial charge is 0.351 e. The maximum atomic E-state index is 11.7. The van der Waals surface area contributed by atoms with Gasteiger partial charge >= 0.3 is 6.03 Å². The van der Waals surface area contributed by atoms with Crippen molar-refractivity contribution in [3.63, 3.8) is 0 Å². The number of para-hydroxylation sites is 1. The first-order valence-corrected chi connectivity index (χ1v) is 7.40. The van der Waals surface area contributed by atoms with E-state index in [2.05, 4.69) is 10.3 Å². The van der Waals surface area contributed by atoms with Crippen molar-refractivity contribution in [2.24, 2.45) is 5.73 Å². The minimum atomic E-state index is -0.842. The highest BCUT2D eigenvalue weighted by atomic mass is 32.2. The van der Waals surface area contributed by atoms with Crippen LogP contribution in [-0.4, -0.2) is 22.2 Å². The van der Waals surface area contributed by atoms with Crippen LogP contribution in [0, 0.1) is 13.8 Å². The molecule has 21 heavy (non-hydrogen) atoms. The lowest BCUT2D eigenvalue weighted by molar-refractivity contribution is -0.119. The van der Waals surface area contributed by atoms with E-state index < -0.39 is 17.2 Å². The summed E-state index contributed by atoms with van der Waals surface area (Å²) in [7, 11) is 0. The van der Waals surface area contributed by atoms with Crippen molar-refractivity contribution >= 4 is 34.6 Å². The van der Waals surface area contributed by atoms with Crippen molar-refractivity contribution in [1.29, 1.82) is 0 Å². The first-order valence-electron chi connectivity index (χ1n) is 6.52. The smallest absolute Gasteiger partial charge is 0.318 e. The number of aromatic nitrogens is 1. The zero-order chi connectivity index (χ0) is 15.6. The summed E-state index contributed by atoms with van der Waals surface area (Å²) in [6.07, 6.45) is 0. The molecule has 3 N–H and O–H groups in total. The highest BCUT2D eigenvalue weighted by Crippen LogP contribution is 2.27. The molecule has 1 atom stereocenters. The molecule has 6 heteroatoms. The summed E-state index contributed by atoms with van der Waals surface area (Å²) in [5, 5.41) is 3.48. The number of nitrogens with two attached hydrogens (primary N) is 1. The summed E-state index contributed by atoms with van der Waals surface area (Å²) in [5.74, 6) is -0.420. The van der Waals surface area contributed by atoms with Crippen LogP contribution in [0.5, 0.6) is 0 Å². The Labute approximate surface area is 127 Å². The van der Waals surface area contributed by atoms with E-state index in [-0.39, 0.29) is 0 Å². The summed E-state index contributed by atoms with van der Waals surface area (Å²) in [6.45, 7) is 5.73. The number of primary amides is 1. The molecule has 0 fully saturated rings. The number of imide groups is 1. The standard InChI is InChI=1S/C15H17N3O2S/c1-8-5-4-6-11-9(2)7-12(17-13(8)11)21-10(3)14(19)18-15(16)20/h4-7,10H,1-3H3,(H3,16,18,19,20)/t10-/m1/s1. The van der Waals surface area contributed by atoms with Crippen LogP contribution < -0.4 is 11.1 Å². The second-order valence-corrected chi connectivity index (χ2v) is 6.22. The average molecular weight is 303 g/mol. The Kier molecular flexibility index (Phi) is 4.47. The first-order chi connectivity index (χ1) is 9.88. The molecule has 3 amide bonds. The Morgan fingerprint density at radius 2 is 2.00 bits per heavy atom. The number of carbonyl (C=O) groups is 2. The van der Waals surface area contributed by atoms with Crippen molar-refractivity contribution in [3.05, 3.63) is 35.4 Å². The fourth-order valence-corrected chi connectivity index (χ4v) is 2.97. The molecule has 0 saturated carbocycles. The predicted molar refractivity (Wildman–Crippen MR) is 84.3 cm³/mol. The van der Waals surface area contributed by atoms with Crippen LogP contribution in [-0.2, 0) is 4.79 Å². The highest BCUT2D eigenvalue weighted by Gasteiger charge is 2.17. The van der Waals surface area contributed by atoms with E-state index in [1.165, 1.54) is 11.8 Å². The van der Waals surface area contributed by atoms with E-state index in [4.69, 9.17) is 5.73 Å². The van der Waals surface area contributed by atoms with Crippen LogP contribution in [0.3, 0.4) is 0 Å². The number of urea groups is 1. The average Bonchev–Trinajstić information content (AvgIpc) is 2.39. The molecule has 2 rings (SSSR count). The third kappa shape index (κ3) is 3.52. The van der Waals surface area contributed by atoms with Gasteiger partial charge in [0, 0.05) is 5.39 Å². The van der Waals surface area contributed by atoms with Crippen LogP contribution >= 0.6 is 11.8 Å². The van der Waals surface area contributed by atoms with Gasteiger partial charge in [0.1, 0.15) is 0 Å². The maximum Gasteiger partial charge on any atom is 0.318 e. The minimum absolute atomic E-state index is 0.420. The van der Waals surface area contributed by atoms with Gasteiger partial charge in [-0.25, -0.2) is 9.78 Å². The molecule has 0 radical (unpaired) electrons. The lowest BCUT2D eigenvalue weighted by Crippen LogP contribution is -2.39. The zero-order valence-electron chi connectivity index (χ0n) is 12.1. The number of aryl methyl sites for hydroxylation is 2. The van der Waals surface area contributed by atoms with Gasteiger partial charge in [0.05, 0.1) is 15.8 Å². The molecular weight excluding hydrogens is 286 g/mol. The number of nitrogens with zero attached hydrogens (tertiary/aromatic N) is 1. The van der Waals surface area contributed by atoms with Gasteiger partial charge < -0.3 is 5.73 Å². The molecule has 0 unspecified atom stereocenters. The Morgan fingerprint density at radius 1 is 1.29 bits per heavy atom. The summed E-state index contributed by atoms with van der Waals surface area (Å²) in [5.41, 5.74) is 8.08. The SMILES string of the molecule is Cc1cc(S[C@H](C)C(=O)NC(N)=O)nc2c(C)cccc12. The van der Waals surface area contributed by atoms with Gasteiger partial charge in [-0.15, -0.1) is 0 Å². The monoisotopic (exact) mass is 303 g/mol. The van der Waals surface area contributed by atoms with Crippen molar-refractivity contribution in [1.82, 2.24) is 10.3 Å². The molecule has 5 nitrogen and oxygen atoms in total. The molecular formula is C15H17N3O2S. The number of carbonyl (C=O) groups excluding carboxylic acids is 2. The van der Waals surface area contributed by atoms with Gasteiger partial charge in [-0.05, 0) is 38.0 Å². The van der Waals surface area contributed by atoms with Crippen molar-refractivity contribution in [2.75, 3.05) is 0 Å². The second-order valence-electron chi connectivity index (χ2n) is 4.86. The Balaban J connectivity index is 2.29. The van der Waals surface area contributed by atoms with Crippen LogP contribution in [0.2, 0.25) is 0 Å². The van der Waals surface area contributed by atoms with Gasteiger partial charge in [0.25, 0.3) is 0 Å². The van der Waals surface area contributed by atoms with E-state index >= 15 is 0 Å². The van der Waals surface area contributed by atoms with Crippen LogP contribution in [0.15, 0.2) is 29.3 Å². The maximum absolute atomic E-state index is 11.7. The number of amides is 3. The number of rotatable bonds is 3. The van der Waals surface area contributed by atoms with E-state index in [1.807, 2.05) is 38.1 Å². The lowest BCUT2D eigenvalue weighted by atomic mass is 10.1. The molecule has 0 spiro atoms. The van der Waals surface area contributed by atoms with E-state index in [0.717, 1.165) is 27.1 Å². The van der Waals surface area contributed by atoms with E-state index in [0.29, 0.717) is 0 Å². The van der Waals surface area contributed by atoms with Gasteiger partial charge in [-0.1, -0.05) is 30.0 Å². The normalized spacial score (nSPS) is 12.1. The molecule has 0 aliphatic heterocycles. The highest BCUT2D eigenvalue weighted by molar-refractivity contribution is 8.00. The lowest BCUT2D eigenvalue weighted by Gasteiger charge is -2.12. The van der Waals surface area contributed by atoms with Crippen LogP contribution in [0.25, 0.3) is 10.9 Å². The Morgan fingerprint density at radius 3 is 2.67 bits per heavy atom. The van der Waals surface area contributed by atoms with Crippen molar-refractivity contribution in [2.45, 2.75) is 31.0 Å². The summed E-state index contributed by atoms with van der Waals surface area (Å²) in [6, 6.07) is 7.14. The van der Waals surface area contributed by atoms with Crippen molar-refractivity contribution < 1.29 is 9.59 Å². The Hall–Kier alpha value is -2.08. The van der Waals surface area contributed by atoms with Crippen LogP contribution in [0.1, 0.15) is 18.1 Å². The predicted octanol–water partition coefficient (Wildman–Crippen LogP) is 2.53. The molecule has 2 aromatic rings. The quantitative estimate of drug-likeness (QED) is 0.853. The van der Waals surface area contributed by atoms with Gasteiger partial charge in [-0.3, -0.25) is 10.1 Å². The number of benzene rings is 1. The van der Waals surface area contributed by atoms with Gasteiger partial charge in [-0.2, -0.15) is 0 Å². The molecule has 1 aromatic heterocycles. The molecule has 1 aromatic carbocycles. The summed E-state index contributed by atoms with van der Waals surface area (Å²) < 4.78 is 0. The number of thioether (sulfide) groups is 1. The van der Waals surface area contributed by atoms with E-state index in [1.54, 1.807) is 6.92 Å². The number of pyridine rings is 1. The fourth-order valence-electron chi connectivity index (χ4n) is 2.05. The first kappa shape index (κ1) is 15.3. The van der Waals surface area contributed by atoms with Crippen LogP contribution in [0.4, 0.5) is 4.79 Å². The number of hydrogen-bond acceptors (Lipinski definition) is 4. The molecule has 0 aliphatic rings. The second kappa shape index (κ2) is 6.13.